The molecule has 4 aromatic rings. The van der Waals surface area contributed by atoms with Crippen molar-refractivity contribution in [3.8, 4) is 22.7 Å². The number of allylic oxidation sites excluding steroid dienone is 3. The van der Waals surface area contributed by atoms with Crippen LogP contribution < -0.4 is 0 Å². The summed E-state index contributed by atoms with van der Waals surface area (Å²) in [5.74, 6) is 0.192. The summed E-state index contributed by atoms with van der Waals surface area (Å²) in [5.41, 5.74) is 2.90. The van der Waals surface area contributed by atoms with E-state index in [-0.39, 0.29) is 16.9 Å². The van der Waals surface area contributed by atoms with E-state index in [1.807, 2.05) is 24.3 Å². The number of pyridine rings is 1. The highest BCUT2D eigenvalue weighted by molar-refractivity contribution is 7.21. The van der Waals surface area contributed by atoms with E-state index in [0.717, 1.165) is 15.3 Å². The Morgan fingerprint density at radius 2 is 1.90 bits per heavy atom. The van der Waals surface area contributed by atoms with E-state index in [1.54, 1.807) is 48.8 Å². The maximum absolute atomic E-state index is 13.0. The first-order valence-electron chi connectivity index (χ1n) is 8.91. The van der Waals surface area contributed by atoms with Gasteiger partial charge in [0.15, 0.2) is 5.78 Å². The van der Waals surface area contributed by atoms with Gasteiger partial charge < -0.3 is 4.42 Å². The van der Waals surface area contributed by atoms with Crippen LogP contribution in [0.1, 0.15) is 21.7 Å². The number of rotatable bonds is 2. The predicted molar refractivity (Wildman–Crippen MR) is 112 cm³/mol. The van der Waals surface area contributed by atoms with Gasteiger partial charge in [-0.1, -0.05) is 24.3 Å². The standard InChI is InChI=1S/C23H10N4O2S/c24-10-14(11-25)20-16-5-1-2-6-17(16)21(28)18(20)8-15-9-19-22(29-15)27-23(30-19)13-4-3-7-26-12-13/h1-9,12H/b18-8-. The monoisotopic (exact) mass is 406 g/mol. The van der Waals surface area contributed by atoms with Crippen molar-refractivity contribution in [2.45, 2.75) is 0 Å². The van der Waals surface area contributed by atoms with Crippen LogP contribution in [0.5, 0.6) is 0 Å². The quantitative estimate of drug-likeness (QED) is 0.341. The van der Waals surface area contributed by atoms with Crippen molar-refractivity contribution in [3.05, 3.63) is 82.9 Å². The molecule has 1 aliphatic carbocycles. The molecule has 0 atom stereocenters. The van der Waals surface area contributed by atoms with Gasteiger partial charge >= 0.3 is 0 Å². The number of nitriles is 2. The summed E-state index contributed by atoms with van der Waals surface area (Å²) in [6.07, 6.45) is 5.01. The number of benzene rings is 1. The molecule has 0 saturated heterocycles. The van der Waals surface area contributed by atoms with Gasteiger partial charge in [-0.25, -0.2) is 4.98 Å². The number of aromatic nitrogens is 2. The SMILES string of the molecule is N#CC(C#N)=C1/C(=C/c2cc3sc(-c4cccnc4)nc3o2)C(=O)c2ccccc21. The molecule has 0 fully saturated rings. The second-order valence-electron chi connectivity index (χ2n) is 6.49. The summed E-state index contributed by atoms with van der Waals surface area (Å²) in [4.78, 5) is 21.6. The van der Waals surface area contributed by atoms with Crippen molar-refractivity contribution in [2.24, 2.45) is 0 Å². The largest absolute Gasteiger partial charge is 0.437 e. The Morgan fingerprint density at radius 3 is 2.60 bits per heavy atom. The number of hydrogen-bond acceptors (Lipinski definition) is 7. The molecule has 5 rings (SSSR count). The van der Waals surface area contributed by atoms with Crippen LogP contribution >= 0.6 is 11.3 Å². The van der Waals surface area contributed by atoms with E-state index in [9.17, 15) is 15.3 Å². The van der Waals surface area contributed by atoms with E-state index in [1.165, 1.54) is 11.3 Å². The predicted octanol–water partition coefficient (Wildman–Crippen LogP) is 5.03. The molecule has 30 heavy (non-hydrogen) atoms. The summed E-state index contributed by atoms with van der Waals surface area (Å²) < 4.78 is 6.67. The van der Waals surface area contributed by atoms with Crippen LogP contribution in [0.15, 0.2) is 70.4 Å². The zero-order valence-electron chi connectivity index (χ0n) is 15.3. The number of nitrogens with zero attached hydrogens (tertiary/aromatic N) is 4. The second kappa shape index (κ2) is 6.93. The molecule has 0 bridgehead atoms. The molecule has 0 saturated carbocycles. The number of fused-ring (bicyclic) bond motifs is 2. The molecule has 6 nitrogen and oxygen atoms in total. The molecule has 7 heteroatoms. The fraction of sp³-hybridized carbons (Fsp3) is 0. The Hall–Kier alpha value is -4.33. The molecule has 3 heterocycles. The van der Waals surface area contributed by atoms with Gasteiger partial charge in [0.1, 0.15) is 28.5 Å². The van der Waals surface area contributed by atoms with Gasteiger partial charge in [0.05, 0.1) is 4.70 Å². The lowest BCUT2D eigenvalue weighted by Gasteiger charge is -2.00. The van der Waals surface area contributed by atoms with E-state index in [2.05, 4.69) is 9.97 Å². The molecular weight excluding hydrogens is 396 g/mol. The highest BCUT2D eigenvalue weighted by atomic mass is 32.1. The van der Waals surface area contributed by atoms with Gasteiger partial charge in [-0.2, -0.15) is 10.5 Å². The van der Waals surface area contributed by atoms with Gasteiger partial charge in [0.25, 0.3) is 0 Å². The zero-order valence-corrected chi connectivity index (χ0v) is 16.1. The van der Waals surface area contributed by atoms with E-state index < -0.39 is 0 Å². The molecule has 0 radical (unpaired) electrons. The van der Waals surface area contributed by atoms with Crippen molar-refractivity contribution in [2.75, 3.05) is 0 Å². The molecule has 1 aromatic carbocycles. The number of furan rings is 1. The van der Waals surface area contributed by atoms with E-state index >= 15 is 0 Å². The number of carbonyl (C=O) groups is 1. The fourth-order valence-electron chi connectivity index (χ4n) is 3.43. The van der Waals surface area contributed by atoms with E-state index in [4.69, 9.17) is 4.42 Å². The molecule has 0 unspecified atom stereocenters. The smallest absolute Gasteiger partial charge is 0.238 e. The lowest BCUT2D eigenvalue weighted by molar-refractivity contribution is 0.104. The molecular formula is C23H10N4O2S. The number of Topliss-reactive ketones (excluding diaryl/α,β-unsaturated/α-hetero) is 1. The van der Waals surface area contributed by atoms with Crippen molar-refractivity contribution in [3.63, 3.8) is 0 Å². The molecule has 0 N–H and O–H groups in total. The van der Waals surface area contributed by atoms with Gasteiger partial charge in [-0.05, 0) is 23.8 Å². The lowest BCUT2D eigenvalue weighted by Crippen LogP contribution is -1.95. The number of carbonyl (C=O) groups excluding carboxylic acids is 1. The first kappa shape index (κ1) is 17.7. The zero-order chi connectivity index (χ0) is 20.7. The average Bonchev–Trinajstić information content (AvgIpc) is 3.42. The summed E-state index contributed by atoms with van der Waals surface area (Å²) >= 11 is 1.46. The van der Waals surface area contributed by atoms with Crippen molar-refractivity contribution in [1.82, 2.24) is 9.97 Å². The van der Waals surface area contributed by atoms with Crippen LogP contribution in [-0.2, 0) is 0 Å². The summed E-state index contributed by atoms with van der Waals surface area (Å²) in [7, 11) is 0. The van der Waals surface area contributed by atoms with Gasteiger partial charge in [0.2, 0.25) is 5.71 Å². The summed E-state index contributed by atoms with van der Waals surface area (Å²) in [5, 5.41) is 19.6. The van der Waals surface area contributed by atoms with Crippen LogP contribution in [0.3, 0.4) is 0 Å². The third-order valence-corrected chi connectivity index (χ3v) is 5.76. The van der Waals surface area contributed by atoms with E-state index in [0.29, 0.717) is 28.2 Å². The highest BCUT2D eigenvalue weighted by Crippen LogP contribution is 2.40. The highest BCUT2D eigenvalue weighted by Gasteiger charge is 2.32. The van der Waals surface area contributed by atoms with Gasteiger partial charge in [-0.15, -0.1) is 11.3 Å². The number of ketones is 1. The second-order valence-corrected chi connectivity index (χ2v) is 7.52. The molecule has 0 aliphatic heterocycles. The Bertz CT molecular complexity index is 1430. The van der Waals surface area contributed by atoms with Crippen LogP contribution in [0, 0.1) is 22.7 Å². The maximum Gasteiger partial charge on any atom is 0.238 e. The van der Waals surface area contributed by atoms with Crippen molar-refractivity contribution < 1.29 is 9.21 Å². The normalized spacial score (nSPS) is 14.0. The van der Waals surface area contributed by atoms with Crippen LogP contribution in [0.2, 0.25) is 0 Å². The van der Waals surface area contributed by atoms with Crippen LogP contribution in [0.4, 0.5) is 0 Å². The minimum atomic E-state index is -0.243. The Labute approximate surface area is 174 Å². The van der Waals surface area contributed by atoms with Crippen molar-refractivity contribution in [1.29, 1.82) is 10.5 Å². The fourth-order valence-corrected chi connectivity index (χ4v) is 4.35. The summed E-state index contributed by atoms with van der Waals surface area (Å²) in [6.45, 7) is 0. The lowest BCUT2D eigenvalue weighted by atomic mass is 9.99. The topological polar surface area (TPSA) is 104 Å². The third kappa shape index (κ3) is 2.74. The molecule has 0 spiro atoms. The third-order valence-electron chi connectivity index (χ3n) is 4.73. The molecule has 0 amide bonds. The summed E-state index contributed by atoms with van der Waals surface area (Å²) in [6, 6.07) is 16.3. The average molecular weight is 406 g/mol. The Morgan fingerprint density at radius 1 is 1.10 bits per heavy atom. The molecule has 1 aliphatic rings. The Balaban J connectivity index is 1.62. The molecule has 140 valence electrons. The van der Waals surface area contributed by atoms with Crippen LogP contribution in [-0.4, -0.2) is 15.8 Å². The minimum Gasteiger partial charge on any atom is -0.437 e. The molecule has 3 aromatic heterocycles. The Kier molecular flexibility index (Phi) is 4.10. The van der Waals surface area contributed by atoms with Gasteiger partial charge in [0, 0.05) is 40.7 Å². The van der Waals surface area contributed by atoms with Crippen molar-refractivity contribution >= 4 is 39.2 Å². The minimum absolute atomic E-state index is 0.107. The van der Waals surface area contributed by atoms with Gasteiger partial charge in [-0.3, -0.25) is 9.78 Å². The maximum atomic E-state index is 13.0. The number of hydrogen-bond donors (Lipinski definition) is 0. The van der Waals surface area contributed by atoms with Crippen LogP contribution in [0.25, 0.3) is 32.6 Å². The first-order valence-corrected chi connectivity index (χ1v) is 9.72. The number of thiazole rings is 1. The first-order chi connectivity index (χ1) is 14.7.